The fourth-order valence-corrected chi connectivity index (χ4v) is 9.01. The number of hydrogen-bond acceptors (Lipinski definition) is 4. The number of aromatic nitrogens is 3. The normalized spacial score (nSPS) is 12.2. The lowest BCUT2D eigenvalue weighted by molar-refractivity contribution is -0.137. The number of thiazole rings is 2. The average Bonchev–Trinajstić information content (AvgIpc) is 3.87. The van der Waals surface area contributed by atoms with Gasteiger partial charge in [0.15, 0.2) is 0 Å². The van der Waals surface area contributed by atoms with Crippen LogP contribution in [0.5, 0.6) is 0 Å². The van der Waals surface area contributed by atoms with Crippen molar-refractivity contribution in [3.63, 3.8) is 0 Å². The molecule has 0 fully saturated rings. The van der Waals surface area contributed by atoms with Crippen LogP contribution in [-0.4, -0.2) is 14.5 Å². The molecule has 0 saturated carbocycles. The van der Waals surface area contributed by atoms with Gasteiger partial charge in [-0.2, -0.15) is 13.2 Å². The van der Waals surface area contributed by atoms with Crippen molar-refractivity contribution in [1.29, 1.82) is 0 Å². The van der Waals surface area contributed by atoms with Gasteiger partial charge < -0.3 is 4.57 Å². The quantitative estimate of drug-likeness (QED) is 0.181. The van der Waals surface area contributed by atoms with E-state index in [1.165, 1.54) is 33.7 Å². The fourth-order valence-electron chi connectivity index (χ4n) is 7.12. The van der Waals surface area contributed by atoms with Crippen LogP contribution in [0.15, 0.2) is 140 Å². The first kappa shape index (κ1) is 30.9. The number of alkyl halides is 3. The van der Waals surface area contributed by atoms with Gasteiger partial charge >= 0.3 is 6.18 Å². The molecule has 7 aromatic carbocycles. The van der Waals surface area contributed by atoms with Gasteiger partial charge in [-0.25, -0.2) is 9.97 Å². The zero-order valence-electron chi connectivity index (χ0n) is 27.6. The minimum atomic E-state index is -4.43. The number of nitrogens with zero attached hydrogens (tertiary/aromatic N) is 3. The number of benzene rings is 7. The zero-order chi connectivity index (χ0) is 35.1. The molecule has 0 aliphatic carbocycles. The summed E-state index contributed by atoms with van der Waals surface area (Å²) >= 11 is 3.08. The smallest absolute Gasteiger partial charge is 0.309 e. The summed E-state index contributed by atoms with van der Waals surface area (Å²) in [6.07, 6.45) is -4.43. The van der Waals surface area contributed by atoms with Gasteiger partial charge in [-0.05, 0) is 95.1 Å². The molecule has 0 saturated heterocycles. The molecule has 3 aromatic heterocycles. The van der Waals surface area contributed by atoms with E-state index in [2.05, 4.69) is 132 Å². The Morgan fingerprint density at radius 3 is 1.75 bits per heavy atom. The maximum atomic E-state index is 13.5. The molecule has 250 valence electrons. The van der Waals surface area contributed by atoms with E-state index in [0.717, 1.165) is 77.1 Å². The van der Waals surface area contributed by atoms with Crippen molar-refractivity contribution in [1.82, 2.24) is 14.5 Å². The molecule has 3 nitrogen and oxygen atoms in total. The van der Waals surface area contributed by atoms with Crippen molar-refractivity contribution in [2.45, 2.75) is 13.1 Å². The van der Waals surface area contributed by atoms with Gasteiger partial charge in [-0.3, -0.25) is 0 Å². The van der Waals surface area contributed by atoms with Gasteiger partial charge in [-0.15, -0.1) is 22.7 Å². The lowest BCUT2D eigenvalue weighted by Crippen LogP contribution is -2.03. The van der Waals surface area contributed by atoms with Gasteiger partial charge in [0.2, 0.25) is 0 Å². The Hall–Kier alpha value is -5.83. The molecule has 0 spiro atoms. The molecule has 0 aliphatic rings. The molecule has 0 atom stereocenters. The largest absolute Gasteiger partial charge is 0.416 e. The van der Waals surface area contributed by atoms with Gasteiger partial charge in [-0.1, -0.05) is 78.9 Å². The average molecular weight is 718 g/mol. The number of hydrogen-bond donors (Lipinski definition) is 0. The highest BCUT2D eigenvalue weighted by atomic mass is 32.1. The summed E-state index contributed by atoms with van der Waals surface area (Å²) in [5.41, 5.74) is 8.99. The van der Waals surface area contributed by atoms with Crippen LogP contribution < -0.4 is 0 Å². The standard InChI is InChI=1S/C44H26F3N3S2/c1-25-6-18-40-36(20-25)48-42(51-40)30-11-16-34-35-17-12-31(43-49-37-24-32(44(45,46)47)13-19-41(37)52-43)23-39(35)50(38(34)22-30)33-14-9-27(10-15-33)29-8-7-26-4-2-3-5-28(26)21-29/h2-24H,1H3. The Balaban J connectivity index is 1.15. The minimum Gasteiger partial charge on any atom is -0.309 e. The van der Waals surface area contributed by atoms with Gasteiger partial charge in [0.1, 0.15) is 10.0 Å². The second-order valence-corrected chi connectivity index (χ2v) is 15.2. The lowest BCUT2D eigenvalue weighted by atomic mass is 10.0. The van der Waals surface area contributed by atoms with Crippen molar-refractivity contribution >= 4 is 75.7 Å². The second-order valence-electron chi connectivity index (χ2n) is 13.1. The topological polar surface area (TPSA) is 30.7 Å². The molecule has 0 bridgehead atoms. The molecule has 52 heavy (non-hydrogen) atoms. The Bertz CT molecular complexity index is 3020. The van der Waals surface area contributed by atoms with Crippen LogP contribution in [-0.2, 0) is 6.18 Å². The third-order valence-electron chi connectivity index (χ3n) is 9.73. The lowest BCUT2D eigenvalue weighted by Gasteiger charge is -2.11. The van der Waals surface area contributed by atoms with E-state index in [9.17, 15) is 13.2 Å². The van der Waals surface area contributed by atoms with E-state index in [1.54, 1.807) is 11.3 Å². The molecule has 3 heterocycles. The Morgan fingerprint density at radius 1 is 0.519 bits per heavy atom. The number of aryl methyl sites for hydroxylation is 1. The summed E-state index contributed by atoms with van der Waals surface area (Å²) in [6.45, 7) is 2.08. The van der Waals surface area contributed by atoms with E-state index in [1.807, 2.05) is 6.07 Å². The third-order valence-corrected chi connectivity index (χ3v) is 11.9. The molecule has 8 heteroatoms. The summed E-state index contributed by atoms with van der Waals surface area (Å²) < 4.78 is 44.6. The Labute approximate surface area is 303 Å². The summed E-state index contributed by atoms with van der Waals surface area (Å²) in [7, 11) is 0. The number of halogens is 3. The van der Waals surface area contributed by atoms with Gasteiger partial charge in [0.05, 0.1) is 37.0 Å². The molecular formula is C44H26F3N3S2. The first-order valence-electron chi connectivity index (χ1n) is 16.8. The molecule has 0 amide bonds. The van der Waals surface area contributed by atoms with Crippen molar-refractivity contribution in [2.24, 2.45) is 0 Å². The van der Waals surface area contributed by atoms with E-state index < -0.39 is 11.7 Å². The van der Waals surface area contributed by atoms with Crippen LogP contribution in [0.4, 0.5) is 13.2 Å². The zero-order valence-corrected chi connectivity index (χ0v) is 29.2. The summed E-state index contributed by atoms with van der Waals surface area (Å²) in [5.74, 6) is 0. The highest BCUT2D eigenvalue weighted by Crippen LogP contribution is 2.41. The molecular weight excluding hydrogens is 692 g/mol. The molecule has 10 aromatic rings. The Morgan fingerprint density at radius 2 is 1.10 bits per heavy atom. The summed E-state index contributed by atoms with van der Waals surface area (Å²) in [5, 5.41) is 6.20. The summed E-state index contributed by atoms with van der Waals surface area (Å²) in [6, 6.07) is 46.4. The molecule has 0 aliphatic heterocycles. The SMILES string of the molecule is Cc1ccc2sc(-c3ccc4c5ccc(-c6nc7cc(C(F)(F)F)ccc7s6)cc5n(-c5ccc(-c6ccc7ccccc7c6)cc5)c4c3)nc2c1. The highest BCUT2D eigenvalue weighted by Gasteiger charge is 2.31. The van der Waals surface area contributed by atoms with Crippen LogP contribution in [0.2, 0.25) is 0 Å². The summed E-state index contributed by atoms with van der Waals surface area (Å²) in [4.78, 5) is 9.67. The molecule has 0 radical (unpaired) electrons. The predicted molar refractivity (Wildman–Crippen MR) is 211 cm³/mol. The van der Waals surface area contributed by atoms with E-state index in [0.29, 0.717) is 15.2 Å². The monoisotopic (exact) mass is 717 g/mol. The van der Waals surface area contributed by atoms with Crippen molar-refractivity contribution in [2.75, 3.05) is 0 Å². The van der Waals surface area contributed by atoms with E-state index in [-0.39, 0.29) is 0 Å². The molecule has 10 rings (SSSR count). The first-order valence-corrected chi connectivity index (χ1v) is 18.4. The van der Waals surface area contributed by atoms with Crippen LogP contribution in [0.1, 0.15) is 11.1 Å². The third kappa shape index (κ3) is 5.17. The van der Waals surface area contributed by atoms with Gasteiger partial charge in [0, 0.05) is 27.6 Å². The highest BCUT2D eigenvalue weighted by molar-refractivity contribution is 7.22. The van der Waals surface area contributed by atoms with Crippen LogP contribution in [0.25, 0.3) is 91.0 Å². The predicted octanol–water partition coefficient (Wildman–Crippen LogP) is 13.5. The van der Waals surface area contributed by atoms with E-state index in [4.69, 9.17) is 4.98 Å². The maximum absolute atomic E-state index is 13.5. The first-order chi connectivity index (χ1) is 25.2. The van der Waals surface area contributed by atoms with Crippen LogP contribution in [0.3, 0.4) is 0 Å². The van der Waals surface area contributed by atoms with Crippen molar-refractivity contribution in [3.8, 4) is 38.0 Å². The molecule has 0 unspecified atom stereocenters. The van der Waals surface area contributed by atoms with Crippen molar-refractivity contribution < 1.29 is 13.2 Å². The molecule has 0 N–H and O–H groups in total. The maximum Gasteiger partial charge on any atom is 0.416 e. The van der Waals surface area contributed by atoms with E-state index >= 15 is 0 Å². The Kier molecular flexibility index (Phi) is 6.90. The van der Waals surface area contributed by atoms with Crippen LogP contribution in [0, 0.1) is 6.92 Å². The fraction of sp³-hybridized carbons (Fsp3) is 0.0455. The number of fused-ring (bicyclic) bond motifs is 6. The second kappa shape index (κ2) is 11.6. The van der Waals surface area contributed by atoms with Crippen LogP contribution >= 0.6 is 22.7 Å². The van der Waals surface area contributed by atoms with Crippen molar-refractivity contribution in [3.05, 3.63) is 151 Å². The number of rotatable bonds is 4. The van der Waals surface area contributed by atoms with Gasteiger partial charge in [0.25, 0.3) is 0 Å². The minimum absolute atomic E-state index is 0.343.